The molecule has 1 aliphatic heterocycles. The average Bonchev–Trinajstić information content (AvgIpc) is 2.84. The van der Waals surface area contributed by atoms with Crippen LogP contribution in [0.3, 0.4) is 0 Å². The number of hydrogen-bond donors (Lipinski definition) is 0. The number of nitrogens with zero attached hydrogens (tertiary/aromatic N) is 2. The lowest BCUT2D eigenvalue weighted by Gasteiger charge is -2.51. The molecule has 0 saturated carbocycles. The van der Waals surface area contributed by atoms with E-state index in [2.05, 4.69) is 75.4 Å². The second-order valence-corrected chi connectivity index (χ2v) is 13.2. The fourth-order valence-corrected chi connectivity index (χ4v) is 9.74. The van der Waals surface area contributed by atoms with Crippen molar-refractivity contribution < 1.29 is 4.43 Å². The first-order valence-corrected chi connectivity index (χ1v) is 10.0. The van der Waals surface area contributed by atoms with Gasteiger partial charge >= 0.3 is 8.48 Å². The van der Waals surface area contributed by atoms with Gasteiger partial charge in [0, 0.05) is 16.3 Å². The third-order valence-corrected chi connectivity index (χ3v) is 10.3. The molecule has 2 heterocycles. The zero-order chi connectivity index (χ0) is 16.9. The monoisotopic (exact) mass is 326 g/mol. The molecular weight excluding hydrogens is 300 g/mol. The first kappa shape index (κ1) is 16.1. The highest BCUT2D eigenvalue weighted by atomic mass is 28.4. The van der Waals surface area contributed by atoms with Gasteiger partial charge in [-0.1, -0.05) is 59.7 Å². The maximum absolute atomic E-state index is 6.82. The highest BCUT2D eigenvalue weighted by Crippen LogP contribution is 2.61. The minimum atomic E-state index is -2.44. The number of pyridine rings is 1. The molecule has 4 heteroatoms. The number of aromatic nitrogens is 1. The molecule has 0 aliphatic carbocycles. The summed E-state index contributed by atoms with van der Waals surface area (Å²) < 4.78 is 9.23. The van der Waals surface area contributed by atoms with Crippen LogP contribution in [0.5, 0.6) is 5.75 Å². The summed E-state index contributed by atoms with van der Waals surface area (Å²) >= 11 is 0. The van der Waals surface area contributed by atoms with Crippen molar-refractivity contribution in [3.8, 4) is 5.75 Å². The Morgan fingerprint density at radius 1 is 0.870 bits per heavy atom. The summed E-state index contributed by atoms with van der Waals surface area (Å²) in [7, 11) is -2.44. The highest BCUT2D eigenvalue weighted by Gasteiger charge is 2.66. The van der Waals surface area contributed by atoms with E-state index in [1.807, 2.05) is 24.4 Å². The normalized spacial score (nSPS) is 16.9. The highest BCUT2D eigenvalue weighted by molar-refractivity contribution is 6.85. The van der Waals surface area contributed by atoms with Crippen molar-refractivity contribution in [2.75, 3.05) is 4.57 Å². The molecule has 0 unspecified atom stereocenters. The molecule has 0 bridgehead atoms. The second-order valence-electron chi connectivity index (χ2n) is 8.24. The Morgan fingerprint density at radius 2 is 1.48 bits per heavy atom. The molecule has 0 amide bonds. The molecular formula is C19H26N2OSi. The predicted molar refractivity (Wildman–Crippen MR) is 98.6 cm³/mol. The first-order chi connectivity index (χ1) is 10.7. The maximum atomic E-state index is 6.82. The minimum absolute atomic E-state index is 0.0157. The molecule has 1 aromatic carbocycles. The van der Waals surface area contributed by atoms with E-state index in [-0.39, 0.29) is 10.1 Å². The number of anilines is 2. The van der Waals surface area contributed by atoms with Crippen LogP contribution in [0.4, 0.5) is 11.5 Å². The van der Waals surface area contributed by atoms with Gasteiger partial charge in [0.15, 0.2) is 0 Å². The molecule has 0 saturated heterocycles. The molecule has 1 aromatic heterocycles. The standard InChI is InChI=1S/C19H26N2OSi/c1-18(2,3)23(19(4,5)6)21(17-13-9-10-14-20-17)15-11-7-8-12-16(15)22-23/h7-14H,1-6H3. The lowest BCUT2D eigenvalue weighted by atomic mass is 10.2. The molecule has 2 aromatic rings. The van der Waals surface area contributed by atoms with Gasteiger partial charge in [0.05, 0.1) is 5.69 Å². The van der Waals surface area contributed by atoms with Gasteiger partial charge in [-0.3, -0.25) is 0 Å². The van der Waals surface area contributed by atoms with Gasteiger partial charge in [0.1, 0.15) is 11.6 Å². The molecule has 0 spiro atoms. The van der Waals surface area contributed by atoms with E-state index in [4.69, 9.17) is 4.43 Å². The molecule has 0 radical (unpaired) electrons. The molecule has 3 nitrogen and oxygen atoms in total. The van der Waals surface area contributed by atoms with Crippen molar-refractivity contribution >= 4 is 20.0 Å². The summed E-state index contributed by atoms with van der Waals surface area (Å²) in [6.07, 6.45) is 1.86. The Morgan fingerprint density at radius 3 is 2.04 bits per heavy atom. The van der Waals surface area contributed by atoms with E-state index in [0.29, 0.717) is 0 Å². The number of fused-ring (bicyclic) bond motifs is 1. The van der Waals surface area contributed by atoms with E-state index in [9.17, 15) is 0 Å². The molecule has 1 aliphatic rings. The van der Waals surface area contributed by atoms with E-state index < -0.39 is 8.48 Å². The molecule has 122 valence electrons. The largest absolute Gasteiger partial charge is 0.522 e. The third-order valence-electron chi connectivity index (χ3n) is 4.59. The van der Waals surface area contributed by atoms with Crippen molar-refractivity contribution in [3.05, 3.63) is 48.7 Å². The quantitative estimate of drug-likeness (QED) is 0.633. The van der Waals surface area contributed by atoms with Gasteiger partial charge in [0.2, 0.25) is 0 Å². The van der Waals surface area contributed by atoms with Gasteiger partial charge in [-0.05, 0) is 24.3 Å². The van der Waals surface area contributed by atoms with Crippen molar-refractivity contribution in [2.45, 2.75) is 51.6 Å². The number of benzene rings is 1. The van der Waals surface area contributed by atoms with Crippen LogP contribution in [-0.4, -0.2) is 13.5 Å². The Bertz CT molecular complexity index is 687. The smallest absolute Gasteiger partial charge is 0.377 e. The Balaban J connectivity index is 2.32. The topological polar surface area (TPSA) is 25.4 Å². The first-order valence-electron chi connectivity index (χ1n) is 8.18. The van der Waals surface area contributed by atoms with Crippen LogP contribution in [0, 0.1) is 0 Å². The van der Waals surface area contributed by atoms with Crippen LogP contribution in [-0.2, 0) is 0 Å². The molecule has 23 heavy (non-hydrogen) atoms. The number of hydrogen-bond acceptors (Lipinski definition) is 3. The Hall–Kier alpha value is -1.81. The summed E-state index contributed by atoms with van der Waals surface area (Å²) in [5.74, 6) is 1.96. The average molecular weight is 327 g/mol. The van der Waals surface area contributed by atoms with Crippen molar-refractivity contribution in [2.24, 2.45) is 0 Å². The zero-order valence-electron chi connectivity index (χ0n) is 14.9. The summed E-state index contributed by atoms with van der Waals surface area (Å²) in [5.41, 5.74) is 1.14. The van der Waals surface area contributed by atoms with E-state index in [1.165, 1.54) is 0 Å². The van der Waals surface area contributed by atoms with Gasteiger partial charge in [-0.2, -0.15) is 0 Å². The van der Waals surface area contributed by atoms with E-state index in [0.717, 1.165) is 17.3 Å². The van der Waals surface area contributed by atoms with Crippen molar-refractivity contribution in [3.63, 3.8) is 0 Å². The summed E-state index contributed by atoms with van der Waals surface area (Å²) in [4.78, 5) is 4.66. The van der Waals surface area contributed by atoms with Gasteiger partial charge in [-0.25, -0.2) is 4.98 Å². The van der Waals surface area contributed by atoms with Crippen LogP contribution in [0.2, 0.25) is 10.1 Å². The second kappa shape index (κ2) is 5.10. The molecule has 3 rings (SSSR count). The fraction of sp³-hybridized carbons (Fsp3) is 0.421. The lowest BCUT2D eigenvalue weighted by Crippen LogP contribution is -2.65. The van der Waals surface area contributed by atoms with Crippen molar-refractivity contribution in [1.29, 1.82) is 0 Å². The van der Waals surface area contributed by atoms with Crippen LogP contribution in [0.15, 0.2) is 48.7 Å². The Kier molecular flexibility index (Phi) is 3.56. The summed E-state index contributed by atoms with van der Waals surface area (Å²) in [5, 5.41) is 0.0313. The Labute approximate surface area is 140 Å². The minimum Gasteiger partial charge on any atom is -0.522 e. The fourth-order valence-electron chi connectivity index (χ4n) is 3.98. The van der Waals surface area contributed by atoms with Crippen LogP contribution < -0.4 is 8.99 Å². The lowest BCUT2D eigenvalue weighted by molar-refractivity contribution is 0.438. The van der Waals surface area contributed by atoms with E-state index in [1.54, 1.807) is 0 Å². The maximum Gasteiger partial charge on any atom is 0.377 e. The number of rotatable bonds is 1. The molecule has 0 N–H and O–H groups in total. The number of para-hydroxylation sites is 2. The van der Waals surface area contributed by atoms with Crippen LogP contribution in [0.25, 0.3) is 0 Å². The molecule has 0 fully saturated rings. The predicted octanol–water partition coefficient (Wildman–Crippen LogP) is 5.65. The van der Waals surface area contributed by atoms with E-state index >= 15 is 0 Å². The van der Waals surface area contributed by atoms with Gasteiger partial charge < -0.3 is 8.99 Å². The van der Waals surface area contributed by atoms with Gasteiger partial charge in [0.25, 0.3) is 0 Å². The van der Waals surface area contributed by atoms with Crippen LogP contribution >= 0.6 is 0 Å². The molecule has 0 atom stereocenters. The summed E-state index contributed by atoms with van der Waals surface area (Å²) in [6.45, 7) is 13.8. The summed E-state index contributed by atoms with van der Waals surface area (Å²) in [6, 6.07) is 14.5. The third kappa shape index (κ3) is 2.27. The zero-order valence-corrected chi connectivity index (χ0v) is 15.9. The van der Waals surface area contributed by atoms with Gasteiger partial charge in [-0.15, -0.1) is 0 Å². The van der Waals surface area contributed by atoms with Crippen LogP contribution in [0.1, 0.15) is 41.5 Å². The van der Waals surface area contributed by atoms with Crippen molar-refractivity contribution in [1.82, 2.24) is 4.98 Å². The SMILES string of the molecule is CC(C)(C)[Si]1(C(C)(C)C)Oc2ccccc2N1c1ccccn1.